The molecule has 0 atom stereocenters. The van der Waals surface area contributed by atoms with Gasteiger partial charge in [-0.25, -0.2) is 8.42 Å². The van der Waals surface area contributed by atoms with Gasteiger partial charge in [-0.2, -0.15) is 5.10 Å². The van der Waals surface area contributed by atoms with E-state index in [1.165, 1.54) is 0 Å². The third-order valence-corrected chi connectivity index (χ3v) is 5.87. The zero-order chi connectivity index (χ0) is 19.7. The van der Waals surface area contributed by atoms with Crippen molar-refractivity contribution in [2.45, 2.75) is 37.6 Å². The summed E-state index contributed by atoms with van der Waals surface area (Å²) in [6.45, 7) is 6.39. The molecule has 1 heterocycles. The van der Waals surface area contributed by atoms with E-state index in [1.807, 2.05) is 57.2 Å². The maximum Gasteiger partial charge on any atom is 0.265 e. The van der Waals surface area contributed by atoms with Crippen LogP contribution in [0, 0.1) is 0 Å². The van der Waals surface area contributed by atoms with E-state index in [4.69, 9.17) is 0 Å². The Balaban J connectivity index is 1.99. The number of rotatable bonds is 5. The minimum atomic E-state index is -3.77. The third kappa shape index (κ3) is 4.78. The molecule has 0 bridgehead atoms. The van der Waals surface area contributed by atoms with E-state index in [9.17, 15) is 8.42 Å². The average Bonchev–Trinajstić information content (AvgIpc) is 3.01. The van der Waals surface area contributed by atoms with Gasteiger partial charge in [-0.05, 0) is 23.8 Å². The zero-order valence-electron chi connectivity index (χ0n) is 15.5. The van der Waals surface area contributed by atoms with Crippen LogP contribution in [0.25, 0.3) is 0 Å². The summed E-state index contributed by atoms with van der Waals surface area (Å²) in [5.74, 6) is 0. The molecular weight excluding hydrogens is 426 g/mol. The lowest BCUT2D eigenvalue weighted by Crippen LogP contribution is -2.20. The Morgan fingerprint density at radius 2 is 1.78 bits per heavy atom. The number of nitrogens with zero attached hydrogens (tertiary/aromatic N) is 2. The van der Waals surface area contributed by atoms with E-state index >= 15 is 0 Å². The second-order valence-corrected chi connectivity index (χ2v) is 9.96. The normalized spacial score (nSPS) is 12.1. The lowest BCUT2D eigenvalue weighted by molar-refractivity contribution is 0.533. The van der Waals surface area contributed by atoms with Crippen LogP contribution >= 0.6 is 15.9 Å². The Morgan fingerprint density at radius 1 is 1.07 bits per heavy atom. The third-order valence-electron chi connectivity index (χ3n) is 3.99. The molecule has 0 saturated carbocycles. The van der Waals surface area contributed by atoms with Gasteiger partial charge in [0.15, 0.2) is 0 Å². The first kappa shape index (κ1) is 19.6. The highest BCUT2D eigenvalue weighted by molar-refractivity contribution is 9.10. The van der Waals surface area contributed by atoms with Crippen molar-refractivity contribution in [2.75, 3.05) is 4.72 Å². The van der Waals surface area contributed by atoms with Gasteiger partial charge >= 0.3 is 0 Å². The maximum atomic E-state index is 13.1. The van der Waals surface area contributed by atoms with Crippen molar-refractivity contribution in [3.63, 3.8) is 0 Å². The number of hydrogen-bond acceptors (Lipinski definition) is 3. The van der Waals surface area contributed by atoms with Crippen LogP contribution in [0.5, 0.6) is 0 Å². The average molecular weight is 448 g/mol. The predicted octanol–water partition coefficient (Wildman–Crippen LogP) is 4.79. The summed E-state index contributed by atoms with van der Waals surface area (Å²) in [5, 5.41) is 4.59. The van der Waals surface area contributed by atoms with Gasteiger partial charge in [0.2, 0.25) is 0 Å². The molecule has 7 heteroatoms. The van der Waals surface area contributed by atoms with Crippen molar-refractivity contribution >= 4 is 31.6 Å². The molecule has 3 rings (SSSR count). The molecule has 0 aliphatic rings. The van der Waals surface area contributed by atoms with Gasteiger partial charge in [-0.3, -0.25) is 9.40 Å². The first-order valence-electron chi connectivity index (χ1n) is 8.55. The fourth-order valence-electron chi connectivity index (χ4n) is 2.73. The number of hydrogen-bond donors (Lipinski definition) is 1. The van der Waals surface area contributed by atoms with Crippen LogP contribution in [-0.4, -0.2) is 18.2 Å². The van der Waals surface area contributed by atoms with Gasteiger partial charge in [0.25, 0.3) is 10.0 Å². The van der Waals surface area contributed by atoms with Crippen LogP contribution in [-0.2, 0) is 22.0 Å². The second-order valence-electron chi connectivity index (χ2n) is 7.39. The van der Waals surface area contributed by atoms with E-state index in [0.717, 1.165) is 10.0 Å². The minimum absolute atomic E-state index is 0.200. The van der Waals surface area contributed by atoms with E-state index in [1.54, 1.807) is 29.1 Å². The largest absolute Gasteiger partial charge is 0.279 e. The zero-order valence-corrected chi connectivity index (χ0v) is 17.9. The summed E-state index contributed by atoms with van der Waals surface area (Å²) >= 11 is 3.36. The van der Waals surface area contributed by atoms with E-state index in [-0.39, 0.29) is 4.90 Å². The lowest BCUT2D eigenvalue weighted by atomic mass is 9.92. The molecule has 0 unspecified atom stereocenters. The van der Waals surface area contributed by atoms with Gasteiger partial charge in [0.05, 0.1) is 12.2 Å². The van der Waals surface area contributed by atoms with Crippen molar-refractivity contribution in [1.82, 2.24) is 9.78 Å². The van der Waals surface area contributed by atoms with Gasteiger partial charge < -0.3 is 0 Å². The monoisotopic (exact) mass is 447 g/mol. The highest BCUT2D eigenvalue weighted by Crippen LogP contribution is 2.29. The molecule has 1 aromatic heterocycles. The smallest absolute Gasteiger partial charge is 0.265 e. The molecule has 3 aromatic rings. The topological polar surface area (TPSA) is 64.0 Å². The summed E-state index contributed by atoms with van der Waals surface area (Å²) in [6, 6.07) is 16.9. The van der Waals surface area contributed by atoms with Crippen LogP contribution < -0.4 is 4.72 Å². The minimum Gasteiger partial charge on any atom is -0.279 e. The quantitative estimate of drug-likeness (QED) is 0.611. The Labute approximate surface area is 168 Å². The molecule has 0 saturated heterocycles. The van der Waals surface area contributed by atoms with Crippen molar-refractivity contribution in [1.29, 1.82) is 0 Å². The highest BCUT2D eigenvalue weighted by atomic mass is 79.9. The molecule has 0 aliphatic heterocycles. The molecule has 2 aromatic carbocycles. The van der Waals surface area contributed by atoms with Crippen LogP contribution in [0.15, 0.2) is 70.2 Å². The molecular formula is C20H22BrN3O2S. The number of halogens is 1. The Hall–Kier alpha value is -2.12. The molecule has 0 aliphatic carbocycles. The second kappa shape index (κ2) is 7.48. The Kier molecular flexibility index (Phi) is 5.44. The number of anilines is 1. The summed E-state index contributed by atoms with van der Waals surface area (Å²) in [5.41, 5.74) is 1.69. The summed E-state index contributed by atoms with van der Waals surface area (Å²) in [4.78, 5) is 0.200. The fourth-order valence-corrected chi connectivity index (χ4v) is 4.54. The molecule has 0 fully saturated rings. The van der Waals surface area contributed by atoms with Crippen molar-refractivity contribution in [3.05, 3.63) is 76.5 Å². The highest BCUT2D eigenvalue weighted by Gasteiger charge is 2.30. The molecule has 142 valence electrons. The molecule has 0 spiro atoms. The van der Waals surface area contributed by atoms with E-state index in [2.05, 4.69) is 25.8 Å². The van der Waals surface area contributed by atoms with Crippen LogP contribution in [0.1, 0.15) is 32.0 Å². The summed E-state index contributed by atoms with van der Waals surface area (Å²) in [7, 11) is -3.77. The van der Waals surface area contributed by atoms with Gasteiger partial charge in [0.1, 0.15) is 4.90 Å². The number of nitrogens with one attached hydrogen (secondary N) is 1. The first-order valence-corrected chi connectivity index (χ1v) is 10.8. The van der Waals surface area contributed by atoms with E-state index < -0.39 is 15.4 Å². The molecule has 1 N–H and O–H groups in total. The molecule has 27 heavy (non-hydrogen) atoms. The number of sulfonamides is 1. The summed E-state index contributed by atoms with van der Waals surface area (Å²) in [6.07, 6.45) is 1.61. The molecule has 0 amide bonds. The Morgan fingerprint density at radius 3 is 2.41 bits per heavy atom. The predicted molar refractivity (Wildman–Crippen MR) is 111 cm³/mol. The molecule has 0 radical (unpaired) electrons. The Bertz CT molecular complexity index is 1040. The van der Waals surface area contributed by atoms with Crippen LogP contribution in [0.3, 0.4) is 0 Å². The number of aromatic nitrogens is 2. The maximum absolute atomic E-state index is 13.1. The molecule has 5 nitrogen and oxygen atoms in total. The standard InChI is InChI=1S/C20H22BrN3O2S/c1-20(2,3)19-18(14-24(22-19)13-15-8-5-4-6-9-15)27(25,26)23-17-11-7-10-16(21)12-17/h4-12,14,23H,13H2,1-3H3. The number of benzene rings is 2. The fraction of sp³-hybridized carbons (Fsp3) is 0.250. The first-order chi connectivity index (χ1) is 12.6. The summed E-state index contributed by atoms with van der Waals surface area (Å²) < 4.78 is 31.3. The van der Waals surface area contributed by atoms with Gasteiger partial charge in [0, 0.05) is 21.8 Å². The van der Waals surface area contributed by atoms with Crippen LogP contribution in [0.4, 0.5) is 5.69 Å². The van der Waals surface area contributed by atoms with Gasteiger partial charge in [-0.15, -0.1) is 0 Å². The van der Waals surface area contributed by atoms with E-state index in [0.29, 0.717) is 17.9 Å². The SMILES string of the molecule is CC(C)(C)c1nn(Cc2ccccc2)cc1S(=O)(=O)Nc1cccc(Br)c1. The lowest BCUT2D eigenvalue weighted by Gasteiger charge is -2.18. The van der Waals surface area contributed by atoms with Crippen molar-refractivity contribution < 1.29 is 8.42 Å². The van der Waals surface area contributed by atoms with Crippen LogP contribution in [0.2, 0.25) is 0 Å². The van der Waals surface area contributed by atoms with Crippen molar-refractivity contribution in [2.24, 2.45) is 0 Å². The van der Waals surface area contributed by atoms with Crippen molar-refractivity contribution in [3.8, 4) is 0 Å². The van der Waals surface area contributed by atoms with Gasteiger partial charge in [-0.1, -0.05) is 73.1 Å².